The van der Waals surface area contributed by atoms with Gasteiger partial charge in [-0.25, -0.2) is 0 Å². The molecule has 11 heavy (non-hydrogen) atoms. The largest absolute Gasteiger partial charge is 0.0888 e. The van der Waals surface area contributed by atoms with Crippen molar-refractivity contribution in [2.45, 2.75) is 56.7 Å². The van der Waals surface area contributed by atoms with Crippen molar-refractivity contribution in [2.75, 3.05) is 0 Å². The first-order valence-corrected chi connectivity index (χ1v) is 5.90. The van der Waals surface area contributed by atoms with E-state index >= 15 is 0 Å². The van der Waals surface area contributed by atoms with Gasteiger partial charge < -0.3 is 0 Å². The molecular formula is C10H19Br. The maximum absolute atomic E-state index is 3.78. The van der Waals surface area contributed by atoms with Gasteiger partial charge in [0.1, 0.15) is 0 Å². The first-order chi connectivity index (χ1) is 5.34. The summed E-state index contributed by atoms with van der Waals surface area (Å²) >= 11 is 3.78. The molecule has 66 valence electrons. The highest BCUT2D eigenvalue weighted by molar-refractivity contribution is 9.09. The van der Waals surface area contributed by atoms with Crippen LogP contribution in [0.15, 0.2) is 0 Å². The second-order valence-electron chi connectivity index (χ2n) is 3.70. The highest BCUT2D eigenvalue weighted by Gasteiger charge is 2.21. The number of unbranched alkanes of at least 4 members (excludes halogenated alkanes) is 1. The fourth-order valence-corrected chi connectivity index (χ4v) is 2.81. The molecule has 0 heterocycles. The van der Waals surface area contributed by atoms with Crippen molar-refractivity contribution >= 4 is 15.9 Å². The minimum Gasteiger partial charge on any atom is -0.0888 e. The van der Waals surface area contributed by atoms with Gasteiger partial charge >= 0.3 is 0 Å². The molecule has 0 N–H and O–H groups in total. The Morgan fingerprint density at radius 2 is 2.00 bits per heavy atom. The Bertz CT molecular complexity index is 101. The molecule has 0 aromatic rings. The minimum atomic E-state index is 0.836. The van der Waals surface area contributed by atoms with Crippen LogP contribution in [0.25, 0.3) is 0 Å². The van der Waals surface area contributed by atoms with E-state index in [0.29, 0.717) is 0 Å². The molecule has 1 aliphatic rings. The van der Waals surface area contributed by atoms with Crippen LogP contribution in [-0.4, -0.2) is 4.83 Å². The van der Waals surface area contributed by atoms with Crippen molar-refractivity contribution < 1.29 is 0 Å². The highest BCUT2D eigenvalue weighted by atomic mass is 79.9. The number of alkyl halides is 1. The first kappa shape index (κ1) is 9.57. The summed E-state index contributed by atoms with van der Waals surface area (Å²) in [5.74, 6) is 0.990. The Hall–Kier alpha value is 0.480. The van der Waals surface area contributed by atoms with E-state index in [-0.39, 0.29) is 0 Å². The minimum absolute atomic E-state index is 0.836. The molecule has 2 unspecified atom stereocenters. The van der Waals surface area contributed by atoms with E-state index in [0.717, 1.165) is 10.7 Å². The second kappa shape index (κ2) is 5.18. The normalized spacial score (nSPS) is 32.2. The van der Waals surface area contributed by atoms with Crippen molar-refractivity contribution in [3.8, 4) is 0 Å². The molecule has 0 bridgehead atoms. The number of hydrogen-bond donors (Lipinski definition) is 0. The fraction of sp³-hybridized carbons (Fsp3) is 1.00. The molecule has 0 spiro atoms. The monoisotopic (exact) mass is 218 g/mol. The Kier molecular flexibility index (Phi) is 4.51. The molecule has 0 amide bonds. The van der Waals surface area contributed by atoms with E-state index in [1.807, 2.05) is 0 Å². The number of halogens is 1. The van der Waals surface area contributed by atoms with Crippen LogP contribution in [0.3, 0.4) is 0 Å². The maximum atomic E-state index is 3.78. The summed E-state index contributed by atoms with van der Waals surface area (Å²) in [5, 5.41) is 0. The van der Waals surface area contributed by atoms with Gasteiger partial charge in [0.15, 0.2) is 0 Å². The summed E-state index contributed by atoms with van der Waals surface area (Å²) in [6, 6.07) is 0. The molecule has 0 saturated heterocycles. The molecule has 2 atom stereocenters. The van der Waals surface area contributed by atoms with Gasteiger partial charge in [0.25, 0.3) is 0 Å². The molecule has 1 rings (SSSR count). The molecule has 0 aromatic heterocycles. The van der Waals surface area contributed by atoms with Crippen LogP contribution in [-0.2, 0) is 0 Å². The highest BCUT2D eigenvalue weighted by Crippen LogP contribution is 2.33. The summed E-state index contributed by atoms with van der Waals surface area (Å²) in [6.45, 7) is 2.28. The van der Waals surface area contributed by atoms with Crippen molar-refractivity contribution in [3.63, 3.8) is 0 Å². The van der Waals surface area contributed by atoms with Gasteiger partial charge in [-0.15, -0.1) is 0 Å². The van der Waals surface area contributed by atoms with E-state index in [1.54, 1.807) is 0 Å². The summed E-state index contributed by atoms with van der Waals surface area (Å²) in [7, 11) is 0. The van der Waals surface area contributed by atoms with Crippen molar-refractivity contribution in [2.24, 2.45) is 5.92 Å². The first-order valence-electron chi connectivity index (χ1n) is 4.98. The van der Waals surface area contributed by atoms with Crippen LogP contribution in [0.4, 0.5) is 0 Å². The topological polar surface area (TPSA) is 0 Å². The van der Waals surface area contributed by atoms with E-state index in [9.17, 15) is 0 Å². The molecule has 1 fully saturated rings. The van der Waals surface area contributed by atoms with Crippen molar-refractivity contribution in [3.05, 3.63) is 0 Å². The standard InChI is InChI=1S/C10H19Br/c1-2-3-6-9-7-4-5-8-10(9)11/h9-10H,2-8H2,1H3. The van der Waals surface area contributed by atoms with Crippen molar-refractivity contribution in [1.82, 2.24) is 0 Å². The SMILES string of the molecule is CCCCC1CCCCC1Br. The van der Waals surface area contributed by atoms with Crippen LogP contribution in [0, 0.1) is 5.92 Å². The lowest BCUT2D eigenvalue weighted by atomic mass is 9.86. The Labute approximate surface area is 78.9 Å². The van der Waals surface area contributed by atoms with Gasteiger partial charge in [-0.3, -0.25) is 0 Å². The molecular weight excluding hydrogens is 200 g/mol. The third-order valence-electron chi connectivity index (χ3n) is 2.74. The third-order valence-corrected chi connectivity index (χ3v) is 3.95. The molecule has 0 aromatic carbocycles. The summed E-state index contributed by atoms with van der Waals surface area (Å²) < 4.78 is 0. The van der Waals surface area contributed by atoms with Gasteiger partial charge in [-0.1, -0.05) is 48.5 Å². The Balaban J connectivity index is 2.18. The maximum Gasteiger partial charge on any atom is 0.0174 e. The summed E-state index contributed by atoms with van der Waals surface area (Å²) in [4.78, 5) is 0.836. The molecule has 0 nitrogen and oxygen atoms in total. The molecule has 0 radical (unpaired) electrons. The summed E-state index contributed by atoms with van der Waals surface area (Å²) in [6.07, 6.45) is 10.0. The molecule has 0 aliphatic heterocycles. The molecule has 1 aliphatic carbocycles. The zero-order chi connectivity index (χ0) is 8.10. The van der Waals surface area contributed by atoms with E-state index in [1.165, 1.54) is 44.9 Å². The second-order valence-corrected chi connectivity index (χ2v) is 4.88. The Morgan fingerprint density at radius 3 is 2.64 bits per heavy atom. The third kappa shape index (κ3) is 3.14. The predicted molar refractivity (Wildman–Crippen MR) is 54.2 cm³/mol. The van der Waals surface area contributed by atoms with Gasteiger partial charge in [0, 0.05) is 4.83 Å². The van der Waals surface area contributed by atoms with E-state index in [2.05, 4.69) is 22.9 Å². The van der Waals surface area contributed by atoms with Gasteiger partial charge in [-0.2, -0.15) is 0 Å². The number of rotatable bonds is 3. The van der Waals surface area contributed by atoms with Crippen LogP contribution < -0.4 is 0 Å². The van der Waals surface area contributed by atoms with E-state index < -0.39 is 0 Å². The smallest absolute Gasteiger partial charge is 0.0174 e. The van der Waals surface area contributed by atoms with Gasteiger partial charge in [0.05, 0.1) is 0 Å². The predicted octanol–water partition coefficient (Wildman–Crippen LogP) is 4.13. The zero-order valence-corrected chi connectivity index (χ0v) is 9.07. The average Bonchev–Trinajstić information content (AvgIpc) is 2.03. The Morgan fingerprint density at radius 1 is 1.27 bits per heavy atom. The molecule has 1 heteroatoms. The van der Waals surface area contributed by atoms with Crippen LogP contribution >= 0.6 is 15.9 Å². The lowest BCUT2D eigenvalue weighted by molar-refractivity contribution is 0.347. The van der Waals surface area contributed by atoms with Crippen LogP contribution in [0.5, 0.6) is 0 Å². The van der Waals surface area contributed by atoms with Crippen LogP contribution in [0.2, 0.25) is 0 Å². The average molecular weight is 219 g/mol. The van der Waals surface area contributed by atoms with Gasteiger partial charge in [0.2, 0.25) is 0 Å². The zero-order valence-electron chi connectivity index (χ0n) is 7.48. The lowest BCUT2D eigenvalue weighted by Crippen LogP contribution is -2.18. The molecule has 1 saturated carbocycles. The number of hydrogen-bond acceptors (Lipinski definition) is 0. The fourth-order valence-electron chi connectivity index (χ4n) is 1.95. The van der Waals surface area contributed by atoms with Gasteiger partial charge in [-0.05, 0) is 25.2 Å². The van der Waals surface area contributed by atoms with E-state index in [4.69, 9.17) is 0 Å². The van der Waals surface area contributed by atoms with Crippen LogP contribution in [0.1, 0.15) is 51.9 Å². The lowest BCUT2D eigenvalue weighted by Gasteiger charge is -2.27. The summed E-state index contributed by atoms with van der Waals surface area (Å²) in [5.41, 5.74) is 0. The van der Waals surface area contributed by atoms with Crippen molar-refractivity contribution in [1.29, 1.82) is 0 Å². The quantitative estimate of drug-likeness (QED) is 0.626.